The molecule has 2 N–H and O–H groups in total. The number of benzene rings is 1. The first-order chi connectivity index (χ1) is 10.9. The Bertz CT molecular complexity index is 729. The van der Waals surface area contributed by atoms with Gasteiger partial charge in [-0.15, -0.1) is 0 Å². The first-order valence-corrected chi connectivity index (χ1v) is 6.98. The van der Waals surface area contributed by atoms with E-state index in [-0.39, 0.29) is 29.3 Å². The van der Waals surface area contributed by atoms with Crippen molar-refractivity contribution in [3.63, 3.8) is 0 Å². The standard InChI is InChI=1S/C16H13F3N2O2/c17-16(18,19)10-5-3-9(4-6-10)11-8-12(11)15(23)21-14-13(22)2-1-7-20-14/h1-7,11-12,22H,8H2,(H,20,21,23). The normalized spacial score (nSPS) is 20.1. The molecule has 1 aromatic carbocycles. The molecule has 0 spiro atoms. The minimum atomic E-state index is -4.37. The molecular weight excluding hydrogens is 309 g/mol. The molecule has 2 atom stereocenters. The van der Waals surface area contributed by atoms with Gasteiger partial charge in [-0.25, -0.2) is 4.98 Å². The van der Waals surface area contributed by atoms with E-state index in [1.165, 1.54) is 30.5 Å². The first-order valence-electron chi connectivity index (χ1n) is 6.98. The van der Waals surface area contributed by atoms with E-state index < -0.39 is 11.7 Å². The van der Waals surface area contributed by atoms with Crippen LogP contribution in [0.5, 0.6) is 5.75 Å². The fraction of sp³-hybridized carbons (Fsp3) is 0.250. The summed E-state index contributed by atoms with van der Waals surface area (Å²) in [5.74, 6) is -0.789. The molecule has 1 aromatic heterocycles. The molecule has 1 aliphatic rings. The number of nitrogens with zero attached hydrogens (tertiary/aromatic N) is 1. The van der Waals surface area contributed by atoms with Crippen LogP contribution in [0.1, 0.15) is 23.5 Å². The number of anilines is 1. The number of amides is 1. The molecule has 1 amide bonds. The number of hydrogen-bond donors (Lipinski definition) is 2. The van der Waals surface area contributed by atoms with Gasteiger partial charge in [0.1, 0.15) is 0 Å². The van der Waals surface area contributed by atoms with E-state index in [2.05, 4.69) is 10.3 Å². The SMILES string of the molecule is O=C(Nc1ncccc1O)C1CC1c1ccc(C(F)(F)F)cc1. The Kier molecular flexibility index (Phi) is 3.71. The first kappa shape index (κ1) is 15.3. The summed E-state index contributed by atoms with van der Waals surface area (Å²) < 4.78 is 37.6. The van der Waals surface area contributed by atoms with Gasteiger partial charge >= 0.3 is 6.18 Å². The highest BCUT2D eigenvalue weighted by atomic mass is 19.4. The summed E-state index contributed by atoms with van der Waals surface area (Å²) in [6.45, 7) is 0. The van der Waals surface area contributed by atoms with E-state index in [1.54, 1.807) is 0 Å². The van der Waals surface area contributed by atoms with Gasteiger partial charge in [-0.1, -0.05) is 12.1 Å². The topological polar surface area (TPSA) is 62.2 Å². The molecule has 1 aliphatic carbocycles. The van der Waals surface area contributed by atoms with Crippen LogP contribution >= 0.6 is 0 Å². The predicted molar refractivity (Wildman–Crippen MR) is 76.8 cm³/mol. The van der Waals surface area contributed by atoms with Gasteiger partial charge in [-0.3, -0.25) is 4.79 Å². The van der Waals surface area contributed by atoms with Crippen LogP contribution in [0.3, 0.4) is 0 Å². The third-order valence-corrected chi connectivity index (χ3v) is 3.82. The van der Waals surface area contributed by atoms with Crippen LogP contribution in [-0.4, -0.2) is 16.0 Å². The maximum Gasteiger partial charge on any atom is 0.416 e. The Morgan fingerprint density at radius 3 is 2.52 bits per heavy atom. The van der Waals surface area contributed by atoms with Gasteiger partial charge in [0.25, 0.3) is 0 Å². The number of aromatic nitrogens is 1. The third-order valence-electron chi connectivity index (χ3n) is 3.82. The van der Waals surface area contributed by atoms with Crippen LogP contribution in [-0.2, 0) is 11.0 Å². The second kappa shape index (κ2) is 5.57. The van der Waals surface area contributed by atoms with E-state index >= 15 is 0 Å². The summed E-state index contributed by atoms with van der Waals surface area (Å²) in [6.07, 6.45) is -2.37. The second-order valence-electron chi connectivity index (χ2n) is 5.43. The van der Waals surface area contributed by atoms with Crippen LogP contribution in [0.25, 0.3) is 0 Å². The Morgan fingerprint density at radius 2 is 1.91 bits per heavy atom. The van der Waals surface area contributed by atoms with Gasteiger partial charge in [0.2, 0.25) is 5.91 Å². The average Bonchev–Trinajstić information content (AvgIpc) is 3.29. The molecule has 0 radical (unpaired) electrons. The van der Waals surface area contributed by atoms with Crippen molar-refractivity contribution >= 4 is 11.7 Å². The van der Waals surface area contributed by atoms with Gasteiger partial charge in [0.15, 0.2) is 11.6 Å². The van der Waals surface area contributed by atoms with Gasteiger partial charge in [-0.2, -0.15) is 13.2 Å². The zero-order chi connectivity index (χ0) is 16.6. The lowest BCUT2D eigenvalue weighted by atomic mass is 10.1. The molecule has 23 heavy (non-hydrogen) atoms. The Hall–Kier alpha value is -2.57. The van der Waals surface area contributed by atoms with Gasteiger partial charge in [-0.05, 0) is 42.2 Å². The quantitative estimate of drug-likeness (QED) is 0.908. The monoisotopic (exact) mass is 322 g/mol. The fourth-order valence-electron chi connectivity index (χ4n) is 2.47. The summed E-state index contributed by atoms with van der Waals surface area (Å²) in [6, 6.07) is 7.79. The molecule has 1 fully saturated rings. The van der Waals surface area contributed by atoms with E-state index in [1.807, 2.05) is 0 Å². The highest BCUT2D eigenvalue weighted by Crippen LogP contribution is 2.48. The van der Waals surface area contributed by atoms with E-state index in [0.717, 1.165) is 12.1 Å². The maximum atomic E-state index is 12.5. The Balaban J connectivity index is 1.65. The molecule has 2 aromatic rings. The number of carbonyl (C=O) groups is 1. The van der Waals surface area contributed by atoms with Crippen molar-refractivity contribution in [2.45, 2.75) is 18.5 Å². The molecule has 3 rings (SSSR count). The van der Waals surface area contributed by atoms with E-state index in [0.29, 0.717) is 12.0 Å². The molecule has 0 saturated heterocycles. The Labute approximate surface area is 130 Å². The summed E-state index contributed by atoms with van der Waals surface area (Å²) in [7, 11) is 0. The molecule has 7 heteroatoms. The molecular formula is C16H13F3N2O2. The van der Waals surface area contributed by atoms with Crippen molar-refractivity contribution in [1.82, 2.24) is 4.98 Å². The molecule has 4 nitrogen and oxygen atoms in total. The predicted octanol–water partition coefficient (Wildman–Crippen LogP) is 3.55. The lowest BCUT2D eigenvalue weighted by Crippen LogP contribution is -2.15. The average molecular weight is 322 g/mol. The van der Waals surface area contributed by atoms with E-state index in [9.17, 15) is 23.1 Å². The molecule has 2 unspecified atom stereocenters. The Morgan fingerprint density at radius 1 is 1.22 bits per heavy atom. The lowest BCUT2D eigenvalue weighted by Gasteiger charge is -2.08. The third kappa shape index (κ3) is 3.28. The van der Waals surface area contributed by atoms with Crippen molar-refractivity contribution < 1.29 is 23.1 Å². The highest BCUT2D eigenvalue weighted by Gasteiger charge is 2.44. The number of hydrogen-bond acceptors (Lipinski definition) is 3. The fourth-order valence-corrected chi connectivity index (χ4v) is 2.47. The smallest absolute Gasteiger partial charge is 0.416 e. The van der Waals surface area contributed by atoms with Crippen molar-refractivity contribution in [1.29, 1.82) is 0 Å². The van der Waals surface area contributed by atoms with Gasteiger partial charge < -0.3 is 10.4 Å². The number of pyridine rings is 1. The van der Waals surface area contributed by atoms with Crippen molar-refractivity contribution in [2.24, 2.45) is 5.92 Å². The summed E-state index contributed by atoms with van der Waals surface area (Å²) in [4.78, 5) is 16.0. The van der Waals surface area contributed by atoms with Crippen LogP contribution in [0.4, 0.5) is 19.0 Å². The molecule has 1 saturated carbocycles. The van der Waals surface area contributed by atoms with Crippen LogP contribution in [0.15, 0.2) is 42.6 Å². The van der Waals surface area contributed by atoms with Crippen molar-refractivity contribution in [2.75, 3.05) is 5.32 Å². The zero-order valence-electron chi connectivity index (χ0n) is 11.8. The minimum absolute atomic E-state index is 0.0792. The van der Waals surface area contributed by atoms with Gasteiger partial charge in [0, 0.05) is 12.1 Å². The zero-order valence-corrected chi connectivity index (χ0v) is 11.8. The van der Waals surface area contributed by atoms with Gasteiger partial charge in [0.05, 0.1) is 5.56 Å². The molecule has 120 valence electrons. The van der Waals surface area contributed by atoms with Crippen LogP contribution in [0.2, 0.25) is 0 Å². The summed E-state index contributed by atoms with van der Waals surface area (Å²) in [5, 5.41) is 12.1. The number of rotatable bonds is 3. The lowest BCUT2D eigenvalue weighted by molar-refractivity contribution is -0.137. The summed E-state index contributed by atoms with van der Waals surface area (Å²) in [5.41, 5.74) is -0.00953. The van der Waals surface area contributed by atoms with Crippen LogP contribution < -0.4 is 5.32 Å². The van der Waals surface area contributed by atoms with E-state index in [4.69, 9.17) is 0 Å². The highest BCUT2D eigenvalue weighted by molar-refractivity contribution is 5.95. The largest absolute Gasteiger partial charge is 0.504 e. The molecule has 0 bridgehead atoms. The molecule has 1 heterocycles. The number of alkyl halides is 3. The number of aromatic hydroxyl groups is 1. The second-order valence-corrected chi connectivity index (χ2v) is 5.43. The maximum absolute atomic E-state index is 12.5. The number of halogens is 3. The van der Waals surface area contributed by atoms with Crippen molar-refractivity contribution in [3.05, 3.63) is 53.7 Å². The number of nitrogens with one attached hydrogen (secondary N) is 1. The van der Waals surface area contributed by atoms with Crippen molar-refractivity contribution in [3.8, 4) is 5.75 Å². The van der Waals surface area contributed by atoms with Crippen LogP contribution in [0, 0.1) is 5.92 Å². The molecule has 0 aliphatic heterocycles. The summed E-state index contributed by atoms with van der Waals surface area (Å²) >= 11 is 0. The minimum Gasteiger partial charge on any atom is -0.504 e. The number of carbonyl (C=O) groups excluding carboxylic acids is 1.